The Morgan fingerprint density at radius 2 is 2.56 bits per heavy atom. The molecule has 1 aromatic rings. The Balaban J connectivity index is 0.000000810. The molecule has 0 bridgehead atoms. The standard InChI is InChI=1S/C6H7N3.H2/c7-3-5-1-2-9-4-6(5)8;/h1-4,7H,8H2;1H. The minimum Gasteiger partial charge on any atom is -0.397 e. The zero-order chi connectivity index (χ0) is 6.69. The van der Waals surface area contributed by atoms with Crippen molar-refractivity contribution in [3.05, 3.63) is 24.0 Å². The molecule has 0 aliphatic rings. The number of hydrogen-bond donors (Lipinski definition) is 2. The van der Waals surface area contributed by atoms with E-state index in [2.05, 4.69) is 4.98 Å². The molecular weight excluding hydrogens is 114 g/mol. The minimum absolute atomic E-state index is 0. The van der Waals surface area contributed by atoms with Crippen LogP contribution in [-0.2, 0) is 0 Å². The largest absolute Gasteiger partial charge is 0.397 e. The van der Waals surface area contributed by atoms with Gasteiger partial charge < -0.3 is 11.1 Å². The minimum atomic E-state index is 0. The van der Waals surface area contributed by atoms with Crippen molar-refractivity contribution >= 4 is 11.9 Å². The van der Waals surface area contributed by atoms with E-state index in [0.717, 1.165) is 0 Å². The van der Waals surface area contributed by atoms with Crippen molar-refractivity contribution in [2.75, 3.05) is 5.73 Å². The maximum absolute atomic E-state index is 6.85. The van der Waals surface area contributed by atoms with Crippen molar-refractivity contribution in [1.82, 2.24) is 4.98 Å². The Labute approximate surface area is 54.5 Å². The summed E-state index contributed by atoms with van der Waals surface area (Å²) in [6.45, 7) is 0. The third-order valence-electron chi connectivity index (χ3n) is 1.04. The van der Waals surface area contributed by atoms with E-state index in [1.165, 1.54) is 12.4 Å². The Morgan fingerprint density at radius 3 is 3.00 bits per heavy atom. The molecule has 0 atom stereocenters. The SMILES string of the molecule is N=Cc1ccncc1N.[HH]. The molecule has 48 valence electrons. The molecule has 9 heavy (non-hydrogen) atoms. The molecule has 0 aromatic carbocycles. The second-order valence-electron chi connectivity index (χ2n) is 1.65. The quantitative estimate of drug-likeness (QED) is 0.545. The second-order valence-corrected chi connectivity index (χ2v) is 1.65. The lowest BCUT2D eigenvalue weighted by Crippen LogP contribution is -1.92. The van der Waals surface area contributed by atoms with E-state index in [1.807, 2.05) is 0 Å². The van der Waals surface area contributed by atoms with Crippen LogP contribution in [0.2, 0.25) is 0 Å². The van der Waals surface area contributed by atoms with Crippen molar-refractivity contribution in [3.63, 3.8) is 0 Å². The molecule has 3 nitrogen and oxygen atoms in total. The van der Waals surface area contributed by atoms with Gasteiger partial charge in [-0.2, -0.15) is 0 Å². The van der Waals surface area contributed by atoms with E-state index >= 15 is 0 Å². The van der Waals surface area contributed by atoms with Gasteiger partial charge in [0, 0.05) is 19.4 Å². The highest BCUT2D eigenvalue weighted by Crippen LogP contribution is 2.03. The van der Waals surface area contributed by atoms with Gasteiger partial charge in [0.2, 0.25) is 0 Å². The van der Waals surface area contributed by atoms with Gasteiger partial charge in [-0.1, -0.05) is 0 Å². The molecule has 0 radical (unpaired) electrons. The zero-order valence-corrected chi connectivity index (χ0v) is 4.83. The maximum atomic E-state index is 6.85. The summed E-state index contributed by atoms with van der Waals surface area (Å²) in [7, 11) is 0. The molecular formula is C6H9N3. The maximum Gasteiger partial charge on any atom is 0.0589 e. The van der Waals surface area contributed by atoms with Gasteiger partial charge in [-0.15, -0.1) is 0 Å². The summed E-state index contributed by atoms with van der Waals surface area (Å²) in [5, 5.41) is 6.85. The fourth-order valence-corrected chi connectivity index (χ4v) is 0.549. The molecule has 1 aromatic heterocycles. The van der Waals surface area contributed by atoms with Gasteiger partial charge >= 0.3 is 0 Å². The average Bonchev–Trinajstić information content (AvgIpc) is 1.89. The lowest BCUT2D eigenvalue weighted by molar-refractivity contribution is 1.32. The molecule has 1 rings (SSSR count). The van der Waals surface area contributed by atoms with Gasteiger partial charge in [0.15, 0.2) is 0 Å². The van der Waals surface area contributed by atoms with E-state index in [0.29, 0.717) is 11.3 Å². The van der Waals surface area contributed by atoms with Crippen LogP contribution in [0.5, 0.6) is 0 Å². The van der Waals surface area contributed by atoms with E-state index in [9.17, 15) is 0 Å². The number of nitrogen functional groups attached to an aromatic ring is 1. The second kappa shape index (κ2) is 2.26. The Hall–Kier alpha value is -1.38. The number of aromatic nitrogens is 1. The fraction of sp³-hybridized carbons (Fsp3) is 0. The van der Waals surface area contributed by atoms with Gasteiger partial charge in [-0.25, -0.2) is 0 Å². The van der Waals surface area contributed by atoms with Gasteiger partial charge in [0.25, 0.3) is 0 Å². The molecule has 3 N–H and O–H groups in total. The number of hydrogen-bond acceptors (Lipinski definition) is 3. The third kappa shape index (κ3) is 1.05. The number of nitrogens with two attached hydrogens (primary N) is 1. The van der Waals surface area contributed by atoms with Gasteiger partial charge in [0.1, 0.15) is 0 Å². The summed E-state index contributed by atoms with van der Waals surface area (Å²) >= 11 is 0. The molecule has 0 saturated heterocycles. The first kappa shape index (κ1) is 5.75. The smallest absolute Gasteiger partial charge is 0.0589 e. The Morgan fingerprint density at radius 1 is 1.78 bits per heavy atom. The molecule has 0 amide bonds. The predicted octanol–water partition coefficient (Wildman–Crippen LogP) is 0.907. The summed E-state index contributed by atoms with van der Waals surface area (Å²) in [4.78, 5) is 3.76. The highest BCUT2D eigenvalue weighted by Gasteiger charge is 1.89. The first-order chi connectivity index (χ1) is 4.34. The summed E-state index contributed by atoms with van der Waals surface area (Å²) in [5.41, 5.74) is 6.68. The molecule has 3 heteroatoms. The normalized spacial score (nSPS) is 8.89. The lowest BCUT2D eigenvalue weighted by atomic mass is 10.2. The van der Waals surface area contributed by atoms with Gasteiger partial charge in [-0.05, 0) is 6.07 Å². The third-order valence-corrected chi connectivity index (χ3v) is 1.04. The molecule has 0 aliphatic heterocycles. The predicted molar refractivity (Wildman–Crippen MR) is 38.6 cm³/mol. The van der Waals surface area contributed by atoms with Gasteiger partial charge in [0.05, 0.1) is 11.9 Å². The number of anilines is 1. The summed E-state index contributed by atoms with van der Waals surface area (Å²) in [6.07, 6.45) is 4.34. The summed E-state index contributed by atoms with van der Waals surface area (Å²) < 4.78 is 0. The van der Waals surface area contributed by atoms with Crippen molar-refractivity contribution in [1.29, 1.82) is 5.41 Å². The highest BCUT2D eigenvalue weighted by atomic mass is 14.7. The van der Waals surface area contributed by atoms with Crippen LogP contribution in [0.15, 0.2) is 18.5 Å². The number of pyridine rings is 1. The fourth-order valence-electron chi connectivity index (χ4n) is 0.549. The van der Waals surface area contributed by atoms with E-state index < -0.39 is 0 Å². The number of rotatable bonds is 1. The van der Waals surface area contributed by atoms with Crippen molar-refractivity contribution in [2.24, 2.45) is 0 Å². The van der Waals surface area contributed by atoms with Crippen LogP contribution < -0.4 is 5.73 Å². The highest BCUT2D eigenvalue weighted by molar-refractivity contribution is 5.84. The monoisotopic (exact) mass is 123 g/mol. The van der Waals surface area contributed by atoms with Crippen LogP contribution in [0.1, 0.15) is 6.99 Å². The summed E-state index contributed by atoms with van der Waals surface area (Å²) in [5.74, 6) is 0. The topological polar surface area (TPSA) is 62.8 Å². The van der Waals surface area contributed by atoms with Crippen LogP contribution in [-0.4, -0.2) is 11.2 Å². The van der Waals surface area contributed by atoms with Gasteiger partial charge in [-0.3, -0.25) is 4.98 Å². The molecule has 0 unspecified atom stereocenters. The Bertz CT molecular complexity index is 224. The van der Waals surface area contributed by atoms with E-state index in [1.54, 1.807) is 12.3 Å². The molecule has 0 saturated carbocycles. The average molecular weight is 123 g/mol. The molecule has 0 fully saturated rings. The first-order valence-electron chi connectivity index (χ1n) is 2.54. The van der Waals surface area contributed by atoms with Crippen LogP contribution in [0, 0.1) is 5.41 Å². The molecule has 0 spiro atoms. The zero-order valence-electron chi connectivity index (χ0n) is 4.83. The van der Waals surface area contributed by atoms with Crippen LogP contribution in [0.25, 0.3) is 0 Å². The van der Waals surface area contributed by atoms with E-state index in [-0.39, 0.29) is 1.43 Å². The molecule has 1 heterocycles. The number of nitrogens with zero attached hydrogens (tertiary/aromatic N) is 1. The van der Waals surface area contributed by atoms with Crippen molar-refractivity contribution in [3.8, 4) is 0 Å². The lowest BCUT2D eigenvalue weighted by Gasteiger charge is -1.93. The van der Waals surface area contributed by atoms with Crippen molar-refractivity contribution < 1.29 is 1.43 Å². The van der Waals surface area contributed by atoms with Crippen molar-refractivity contribution in [2.45, 2.75) is 0 Å². The van der Waals surface area contributed by atoms with Crippen LogP contribution in [0.3, 0.4) is 0 Å². The van der Waals surface area contributed by atoms with E-state index in [4.69, 9.17) is 11.1 Å². The summed E-state index contributed by atoms with van der Waals surface area (Å²) in [6, 6.07) is 1.70. The Kier molecular flexibility index (Phi) is 1.44. The van der Waals surface area contributed by atoms with Crippen LogP contribution >= 0.6 is 0 Å². The molecule has 0 aliphatic carbocycles. The van der Waals surface area contributed by atoms with Crippen LogP contribution in [0.4, 0.5) is 5.69 Å². The number of nitrogens with one attached hydrogen (secondary N) is 1. The first-order valence-corrected chi connectivity index (χ1v) is 2.54.